The molecular formula is C19H32N2. The number of benzene rings is 1. The van der Waals surface area contributed by atoms with Crippen LogP contribution in [0.1, 0.15) is 57.7 Å². The maximum atomic E-state index is 6.44. The van der Waals surface area contributed by atoms with Crippen molar-refractivity contribution in [2.75, 3.05) is 13.1 Å². The predicted octanol–water partition coefficient (Wildman–Crippen LogP) is 4.01. The van der Waals surface area contributed by atoms with Gasteiger partial charge in [0.25, 0.3) is 0 Å². The highest BCUT2D eigenvalue weighted by Crippen LogP contribution is 2.24. The predicted molar refractivity (Wildman–Crippen MR) is 91.3 cm³/mol. The molecule has 0 amide bonds. The highest BCUT2D eigenvalue weighted by Gasteiger charge is 2.24. The normalized spacial score (nSPS) is 25.2. The second kappa shape index (κ2) is 7.42. The smallest absolute Gasteiger partial charge is 0.0424 e. The third-order valence-corrected chi connectivity index (χ3v) is 4.73. The zero-order valence-corrected chi connectivity index (χ0v) is 14.2. The van der Waals surface area contributed by atoms with Crippen LogP contribution in [0.5, 0.6) is 0 Å². The SMILES string of the molecule is CC(C)Cc1ccc(C(N)CN2CC(C)CCC2C)cc1. The highest BCUT2D eigenvalue weighted by atomic mass is 15.2. The van der Waals surface area contributed by atoms with E-state index in [1.807, 2.05) is 0 Å². The molecular weight excluding hydrogens is 256 g/mol. The molecule has 21 heavy (non-hydrogen) atoms. The average molecular weight is 288 g/mol. The summed E-state index contributed by atoms with van der Waals surface area (Å²) in [6.07, 6.45) is 3.81. The molecule has 0 aromatic heterocycles. The van der Waals surface area contributed by atoms with Crippen molar-refractivity contribution in [2.45, 2.75) is 59.0 Å². The molecule has 0 bridgehead atoms. The van der Waals surface area contributed by atoms with Gasteiger partial charge in [0.05, 0.1) is 0 Å². The van der Waals surface area contributed by atoms with Gasteiger partial charge in [0.2, 0.25) is 0 Å². The van der Waals surface area contributed by atoms with Gasteiger partial charge in [-0.25, -0.2) is 0 Å². The van der Waals surface area contributed by atoms with Crippen LogP contribution in [-0.4, -0.2) is 24.0 Å². The zero-order valence-electron chi connectivity index (χ0n) is 14.2. The Balaban J connectivity index is 1.94. The van der Waals surface area contributed by atoms with Gasteiger partial charge in [-0.1, -0.05) is 45.0 Å². The van der Waals surface area contributed by atoms with Gasteiger partial charge in [-0.2, -0.15) is 0 Å². The molecule has 0 aliphatic carbocycles. The Morgan fingerprint density at radius 2 is 1.81 bits per heavy atom. The van der Waals surface area contributed by atoms with Crippen LogP contribution in [0.15, 0.2) is 24.3 Å². The van der Waals surface area contributed by atoms with Crippen molar-refractivity contribution in [1.29, 1.82) is 0 Å². The van der Waals surface area contributed by atoms with Crippen molar-refractivity contribution in [3.63, 3.8) is 0 Å². The molecule has 1 saturated heterocycles. The van der Waals surface area contributed by atoms with Gasteiger partial charge in [-0.05, 0) is 49.1 Å². The van der Waals surface area contributed by atoms with E-state index in [1.165, 1.54) is 30.5 Å². The lowest BCUT2D eigenvalue weighted by Crippen LogP contribution is -2.44. The zero-order chi connectivity index (χ0) is 15.4. The number of hydrogen-bond donors (Lipinski definition) is 1. The van der Waals surface area contributed by atoms with E-state index in [9.17, 15) is 0 Å². The van der Waals surface area contributed by atoms with Crippen LogP contribution in [0.3, 0.4) is 0 Å². The third-order valence-electron chi connectivity index (χ3n) is 4.73. The maximum absolute atomic E-state index is 6.44. The molecule has 0 spiro atoms. The first-order chi connectivity index (χ1) is 9.95. The molecule has 0 saturated carbocycles. The minimum absolute atomic E-state index is 0.130. The van der Waals surface area contributed by atoms with Gasteiger partial charge in [-0.15, -0.1) is 0 Å². The van der Waals surface area contributed by atoms with E-state index < -0.39 is 0 Å². The van der Waals surface area contributed by atoms with Crippen molar-refractivity contribution in [3.05, 3.63) is 35.4 Å². The molecule has 1 aliphatic heterocycles. The summed E-state index contributed by atoms with van der Waals surface area (Å²) in [6, 6.07) is 9.74. The van der Waals surface area contributed by atoms with Gasteiger partial charge < -0.3 is 5.73 Å². The summed E-state index contributed by atoms with van der Waals surface area (Å²) in [5.74, 6) is 1.52. The van der Waals surface area contributed by atoms with Gasteiger partial charge in [0, 0.05) is 25.2 Å². The summed E-state index contributed by atoms with van der Waals surface area (Å²) >= 11 is 0. The first-order valence-corrected chi connectivity index (χ1v) is 8.54. The largest absolute Gasteiger partial charge is 0.323 e. The van der Waals surface area contributed by atoms with E-state index in [0.717, 1.165) is 18.9 Å². The Labute approximate surface area is 130 Å². The molecule has 2 nitrogen and oxygen atoms in total. The van der Waals surface area contributed by atoms with Crippen molar-refractivity contribution in [3.8, 4) is 0 Å². The number of nitrogens with two attached hydrogens (primary N) is 1. The van der Waals surface area contributed by atoms with Crippen LogP contribution in [0.2, 0.25) is 0 Å². The minimum Gasteiger partial charge on any atom is -0.323 e. The summed E-state index contributed by atoms with van der Waals surface area (Å²) < 4.78 is 0. The summed E-state index contributed by atoms with van der Waals surface area (Å²) in [5.41, 5.74) is 9.13. The van der Waals surface area contributed by atoms with E-state index in [2.05, 4.69) is 56.9 Å². The molecule has 2 rings (SSSR count). The molecule has 1 aromatic rings. The topological polar surface area (TPSA) is 29.3 Å². The lowest BCUT2D eigenvalue weighted by molar-refractivity contribution is 0.117. The Morgan fingerprint density at radius 3 is 2.43 bits per heavy atom. The fraction of sp³-hybridized carbons (Fsp3) is 0.684. The lowest BCUT2D eigenvalue weighted by atomic mass is 9.93. The fourth-order valence-corrected chi connectivity index (χ4v) is 3.36. The molecule has 2 heteroatoms. The monoisotopic (exact) mass is 288 g/mol. The summed E-state index contributed by atoms with van der Waals surface area (Å²) in [4.78, 5) is 2.57. The third kappa shape index (κ3) is 4.82. The Kier molecular flexibility index (Phi) is 5.83. The van der Waals surface area contributed by atoms with Crippen molar-refractivity contribution in [2.24, 2.45) is 17.6 Å². The van der Waals surface area contributed by atoms with E-state index in [4.69, 9.17) is 5.73 Å². The van der Waals surface area contributed by atoms with Gasteiger partial charge in [0.15, 0.2) is 0 Å². The molecule has 3 unspecified atom stereocenters. The maximum Gasteiger partial charge on any atom is 0.0424 e. The van der Waals surface area contributed by atoms with E-state index in [-0.39, 0.29) is 6.04 Å². The second-order valence-electron chi connectivity index (χ2n) is 7.43. The number of piperidine rings is 1. The first kappa shape index (κ1) is 16.5. The van der Waals surface area contributed by atoms with Crippen LogP contribution >= 0.6 is 0 Å². The molecule has 3 atom stereocenters. The second-order valence-corrected chi connectivity index (χ2v) is 7.43. The Morgan fingerprint density at radius 1 is 1.14 bits per heavy atom. The fourth-order valence-electron chi connectivity index (χ4n) is 3.36. The van der Waals surface area contributed by atoms with E-state index in [1.54, 1.807) is 0 Å². The Hall–Kier alpha value is -0.860. The van der Waals surface area contributed by atoms with Gasteiger partial charge >= 0.3 is 0 Å². The summed E-state index contributed by atoms with van der Waals surface area (Å²) in [5, 5.41) is 0. The molecule has 1 aliphatic rings. The van der Waals surface area contributed by atoms with Crippen molar-refractivity contribution in [1.82, 2.24) is 4.90 Å². The number of likely N-dealkylation sites (tertiary alicyclic amines) is 1. The number of rotatable bonds is 5. The number of nitrogens with zero attached hydrogens (tertiary/aromatic N) is 1. The van der Waals surface area contributed by atoms with Gasteiger partial charge in [0.1, 0.15) is 0 Å². The van der Waals surface area contributed by atoms with Crippen molar-refractivity contribution >= 4 is 0 Å². The van der Waals surface area contributed by atoms with Crippen LogP contribution in [0.4, 0.5) is 0 Å². The van der Waals surface area contributed by atoms with Crippen LogP contribution in [-0.2, 0) is 6.42 Å². The molecule has 1 heterocycles. The molecule has 2 N–H and O–H groups in total. The Bertz CT molecular complexity index is 424. The molecule has 1 aromatic carbocycles. The quantitative estimate of drug-likeness (QED) is 0.887. The van der Waals surface area contributed by atoms with Crippen LogP contribution in [0, 0.1) is 11.8 Å². The molecule has 0 radical (unpaired) electrons. The summed E-state index contributed by atoms with van der Waals surface area (Å²) in [7, 11) is 0. The average Bonchev–Trinajstić information content (AvgIpc) is 2.43. The van der Waals surface area contributed by atoms with Crippen LogP contribution < -0.4 is 5.73 Å². The van der Waals surface area contributed by atoms with Crippen molar-refractivity contribution < 1.29 is 0 Å². The molecule has 118 valence electrons. The van der Waals surface area contributed by atoms with Crippen LogP contribution in [0.25, 0.3) is 0 Å². The number of hydrogen-bond acceptors (Lipinski definition) is 2. The van der Waals surface area contributed by atoms with E-state index >= 15 is 0 Å². The summed E-state index contributed by atoms with van der Waals surface area (Å²) in [6.45, 7) is 11.4. The minimum atomic E-state index is 0.130. The van der Waals surface area contributed by atoms with Gasteiger partial charge in [-0.3, -0.25) is 4.90 Å². The first-order valence-electron chi connectivity index (χ1n) is 8.54. The highest BCUT2D eigenvalue weighted by molar-refractivity contribution is 5.25. The molecule has 1 fully saturated rings. The van der Waals surface area contributed by atoms with E-state index in [0.29, 0.717) is 12.0 Å². The lowest BCUT2D eigenvalue weighted by Gasteiger charge is -2.38. The standard InChI is InChI=1S/C19H32N2/c1-14(2)11-17-7-9-18(10-8-17)19(20)13-21-12-15(3)5-6-16(21)4/h7-10,14-16,19H,5-6,11-13,20H2,1-4H3.